The quantitative estimate of drug-likeness (QED) is 0.358. The number of rotatable bonds is 5. The molecule has 1 aliphatic heterocycles. The van der Waals surface area contributed by atoms with Crippen LogP contribution in [0.15, 0.2) is 30.9 Å². The first-order valence-corrected chi connectivity index (χ1v) is 11.9. The Morgan fingerprint density at radius 1 is 1.09 bits per heavy atom. The Kier molecular flexibility index (Phi) is 5.11. The summed E-state index contributed by atoms with van der Waals surface area (Å²) in [4.78, 5) is 30.9. The minimum absolute atomic E-state index is 0.321. The molecule has 11 heteroatoms. The van der Waals surface area contributed by atoms with E-state index in [-0.39, 0.29) is 5.91 Å². The largest absolute Gasteiger partial charge is 0.368 e. The number of carbonyl (C=O) groups is 1. The van der Waals surface area contributed by atoms with Crippen molar-refractivity contribution in [2.24, 2.45) is 0 Å². The van der Waals surface area contributed by atoms with E-state index < -0.39 is 0 Å². The lowest BCUT2D eigenvalue weighted by Gasteiger charge is -2.29. The van der Waals surface area contributed by atoms with E-state index in [9.17, 15) is 4.79 Å². The molecule has 4 aromatic heterocycles. The average Bonchev–Trinajstić information content (AvgIpc) is 3.57. The summed E-state index contributed by atoms with van der Waals surface area (Å²) in [7, 11) is 0. The van der Waals surface area contributed by atoms with Gasteiger partial charge < -0.3 is 20.9 Å². The molecular formula is C22H23N9OS. The SMILES string of the molecule is O=C(Nc1ccc(N2CCNCC2)cn1)c1[nH]ncc1Nc1ncnc2sc3c(c12)CCC3. The topological polar surface area (TPSA) is 124 Å². The van der Waals surface area contributed by atoms with Gasteiger partial charge in [0.15, 0.2) is 0 Å². The molecule has 4 N–H and O–H groups in total. The number of aromatic amines is 1. The second-order valence-electron chi connectivity index (χ2n) is 8.14. The van der Waals surface area contributed by atoms with E-state index in [0.717, 1.165) is 61.3 Å². The van der Waals surface area contributed by atoms with E-state index in [0.29, 0.717) is 23.0 Å². The number of hydrogen-bond donors (Lipinski definition) is 4. The van der Waals surface area contributed by atoms with Crippen LogP contribution in [-0.2, 0) is 12.8 Å². The Balaban J connectivity index is 1.20. The number of nitrogens with zero attached hydrogens (tertiary/aromatic N) is 5. The fourth-order valence-electron chi connectivity index (χ4n) is 4.45. The fraction of sp³-hybridized carbons (Fsp3) is 0.318. The first kappa shape index (κ1) is 20.1. The zero-order valence-electron chi connectivity index (χ0n) is 17.9. The van der Waals surface area contributed by atoms with E-state index in [1.807, 2.05) is 12.1 Å². The maximum absolute atomic E-state index is 13.0. The summed E-state index contributed by atoms with van der Waals surface area (Å²) in [5, 5.41) is 17.4. The summed E-state index contributed by atoms with van der Waals surface area (Å²) in [5.41, 5.74) is 3.25. The third kappa shape index (κ3) is 3.79. The minimum atomic E-state index is -0.321. The van der Waals surface area contributed by atoms with Gasteiger partial charge in [0.2, 0.25) is 0 Å². The maximum Gasteiger partial charge on any atom is 0.276 e. The van der Waals surface area contributed by atoms with Gasteiger partial charge in [0, 0.05) is 31.1 Å². The summed E-state index contributed by atoms with van der Waals surface area (Å²) in [6.45, 7) is 3.81. The Morgan fingerprint density at radius 3 is 2.85 bits per heavy atom. The highest BCUT2D eigenvalue weighted by Gasteiger charge is 2.23. The molecule has 0 bridgehead atoms. The van der Waals surface area contributed by atoms with E-state index in [2.05, 4.69) is 46.0 Å². The number of H-pyrrole nitrogens is 1. The maximum atomic E-state index is 13.0. The molecule has 2 aliphatic rings. The van der Waals surface area contributed by atoms with Crippen LogP contribution in [0.1, 0.15) is 27.3 Å². The summed E-state index contributed by atoms with van der Waals surface area (Å²) in [6, 6.07) is 3.80. The third-order valence-corrected chi connectivity index (χ3v) is 7.29. The van der Waals surface area contributed by atoms with Crippen molar-refractivity contribution in [3.63, 3.8) is 0 Å². The van der Waals surface area contributed by atoms with Gasteiger partial charge in [-0.25, -0.2) is 15.0 Å². The molecule has 0 atom stereocenters. The number of carbonyl (C=O) groups excluding carboxylic acids is 1. The first-order chi connectivity index (χ1) is 16.3. The van der Waals surface area contributed by atoms with Crippen LogP contribution in [0.4, 0.5) is 23.0 Å². The van der Waals surface area contributed by atoms with Crippen LogP contribution in [0, 0.1) is 0 Å². The molecule has 5 heterocycles. The van der Waals surface area contributed by atoms with Crippen molar-refractivity contribution in [2.75, 3.05) is 41.7 Å². The van der Waals surface area contributed by atoms with E-state index in [1.54, 1.807) is 30.1 Å². The summed E-state index contributed by atoms with van der Waals surface area (Å²) in [6.07, 6.45) is 8.23. The lowest BCUT2D eigenvalue weighted by atomic mass is 10.2. The second kappa shape index (κ2) is 8.41. The molecule has 1 fully saturated rings. The van der Waals surface area contributed by atoms with Crippen LogP contribution in [0.5, 0.6) is 0 Å². The first-order valence-electron chi connectivity index (χ1n) is 11.0. The van der Waals surface area contributed by atoms with Gasteiger partial charge in [0.25, 0.3) is 5.91 Å². The molecule has 1 saturated heterocycles. The fourth-order valence-corrected chi connectivity index (χ4v) is 5.68. The number of fused-ring (bicyclic) bond motifs is 3. The van der Waals surface area contributed by atoms with Gasteiger partial charge in [-0.15, -0.1) is 11.3 Å². The van der Waals surface area contributed by atoms with Crippen LogP contribution < -0.4 is 20.9 Å². The van der Waals surface area contributed by atoms with Crippen LogP contribution in [-0.4, -0.2) is 57.2 Å². The monoisotopic (exact) mass is 461 g/mol. The van der Waals surface area contributed by atoms with Gasteiger partial charge in [-0.3, -0.25) is 9.89 Å². The van der Waals surface area contributed by atoms with Crippen LogP contribution >= 0.6 is 11.3 Å². The Morgan fingerprint density at radius 2 is 2.00 bits per heavy atom. The number of piperazine rings is 1. The number of aromatic nitrogens is 5. The Labute approximate surface area is 193 Å². The lowest BCUT2D eigenvalue weighted by Crippen LogP contribution is -2.43. The molecule has 6 rings (SSSR count). The van der Waals surface area contributed by atoms with Crippen molar-refractivity contribution >= 4 is 50.5 Å². The zero-order valence-corrected chi connectivity index (χ0v) is 18.7. The van der Waals surface area contributed by atoms with Gasteiger partial charge in [0.05, 0.1) is 29.2 Å². The number of amides is 1. The molecular weight excluding hydrogens is 438 g/mol. The lowest BCUT2D eigenvalue weighted by molar-refractivity contribution is 0.102. The van der Waals surface area contributed by atoms with Crippen LogP contribution in [0.2, 0.25) is 0 Å². The second-order valence-corrected chi connectivity index (χ2v) is 9.22. The summed E-state index contributed by atoms with van der Waals surface area (Å²) in [5.74, 6) is 0.867. The number of pyridine rings is 1. The van der Waals surface area contributed by atoms with Crippen molar-refractivity contribution in [1.82, 2.24) is 30.5 Å². The van der Waals surface area contributed by atoms with Crippen LogP contribution in [0.25, 0.3) is 10.2 Å². The van der Waals surface area contributed by atoms with Crippen molar-refractivity contribution in [3.8, 4) is 0 Å². The number of thiophene rings is 1. The number of hydrogen-bond acceptors (Lipinski definition) is 9. The number of aryl methyl sites for hydroxylation is 2. The minimum Gasteiger partial charge on any atom is -0.368 e. The predicted octanol–water partition coefficient (Wildman–Crippen LogP) is 2.70. The molecule has 0 aromatic carbocycles. The molecule has 0 unspecified atom stereocenters. The highest BCUT2D eigenvalue weighted by atomic mass is 32.1. The molecule has 1 amide bonds. The van der Waals surface area contributed by atoms with Crippen molar-refractivity contribution < 1.29 is 4.79 Å². The zero-order chi connectivity index (χ0) is 22.2. The predicted molar refractivity (Wildman–Crippen MR) is 129 cm³/mol. The summed E-state index contributed by atoms with van der Waals surface area (Å²) >= 11 is 1.73. The normalized spacial score (nSPS) is 15.6. The number of nitrogens with one attached hydrogen (secondary N) is 4. The number of anilines is 4. The van der Waals surface area contributed by atoms with Gasteiger partial charge in [-0.2, -0.15) is 5.10 Å². The molecule has 0 radical (unpaired) electrons. The smallest absolute Gasteiger partial charge is 0.276 e. The summed E-state index contributed by atoms with van der Waals surface area (Å²) < 4.78 is 0. The molecule has 168 valence electrons. The highest BCUT2D eigenvalue weighted by Crippen LogP contribution is 2.39. The van der Waals surface area contributed by atoms with Gasteiger partial charge in [0.1, 0.15) is 28.5 Å². The third-order valence-electron chi connectivity index (χ3n) is 6.09. The van der Waals surface area contributed by atoms with Gasteiger partial charge in [-0.1, -0.05) is 0 Å². The van der Waals surface area contributed by atoms with E-state index in [1.165, 1.54) is 10.4 Å². The molecule has 10 nitrogen and oxygen atoms in total. The molecule has 1 aliphatic carbocycles. The molecule has 0 saturated carbocycles. The van der Waals surface area contributed by atoms with Crippen molar-refractivity contribution in [2.45, 2.75) is 19.3 Å². The Bertz CT molecular complexity index is 1310. The van der Waals surface area contributed by atoms with E-state index in [4.69, 9.17) is 0 Å². The van der Waals surface area contributed by atoms with E-state index >= 15 is 0 Å². The molecule has 33 heavy (non-hydrogen) atoms. The Hall–Kier alpha value is -3.57. The average molecular weight is 462 g/mol. The highest BCUT2D eigenvalue weighted by molar-refractivity contribution is 7.19. The van der Waals surface area contributed by atoms with Crippen molar-refractivity contribution in [3.05, 3.63) is 47.0 Å². The van der Waals surface area contributed by atoms with Crippen molar-refractivity contribution in [1.29, 1.82) is 0 Å². The molecule has 0 spiro atoms. The van der Waals surface area contributed by atoms with Gasteiger partial charge in [-0.05, 0) is 37.0 Å². The van der Waals surface area contributed by atoms with Crippen LogP contribution in [0.3, 0.4) is 0 Å². The molecule has 4 aromatic rings. The standard InChI is InChI=1S/C22H23N9OS/c32-21(29-17-5-4-13(10-24-17)31-8-6-23-7-9-31)19-15(11-27-30-19)28-20-18-14-2-1-3-16(14)33-22(18)26-12-25-20/h4-5,10-12,23H,1-3,6-9H2,(H,27,30)(H,24,29,32)(H,25,26,28). The van der Waals surface area contributed by atoms with Gasteiger partial charge >= 0.3 is 0 Å².